The van der Waals surface area contributed by atoms with Gasteiger partial charge in [0.15, 0.2) is 0 Å². The number of carbonyl (C=O) groups excluding carboxylic acids is 2. The van der Waals surface area contributed by atoms with Crippen molar-refractivity contribution in [3.63, 3.8) is 0 Å². The van der Waals surface area contributed by atoms with Gasteiger partial charge in [0.1, 0.15) is 0 Å². The molecule has 0 bridgehead atoms. The summed E-state index contributed by atoms with van der Waals surface area (Å²) >= 11 is 0. The number of likely N-dealkylation sites (tertiary alicyclic amines) is 1. The number of halogens is 1. The lowest BCUT2D eigenvalue weighted by atomic mass is 9.87. The predicted octanol–water partition coefficient (Wildman–Crippen LogP) is 0.718. The minimum absolute atomic E-state index is 0. The second kappa shape index (κ2) is 6.94. The van der Waals surface area contributed by atoms with Crippen LogP contribution in [-0.4, -0.2) is 55.1 Å². The highest BCUT2D eigenvalue weighted by Crippen LogP contribution is 2.35. The van der Waals surface area contributed by atoms with Gasteiger partial charge in [0.25, 0.3) is 0 Å². The Hall–Kier alpha value is -0.850. The topological polar surface area (TPSA) is 73.5 Å². The van der Waals surface area contributed by atoms with Crippen molar-refractivity contribution >= 4 is 24.3 Å². The fourth-order valence-corrected chi connectivity index (χ4v) is 3.05. The molecule has 0 aromatic carbocycles. The Kier molecular flexibility index (Phi) is 6.01. The molecule has 0 saturated carbocycles. The summed E-state index contributed by atoms with van der Waals surface area (Å²) in [6.07, 6.45) is 2.33. The van der Waals surface area contributed by atoms with E-state index in [-0.39, 0.29) is 23.9 Å². The Morgan fingerprint density at radius 3 is 2.57 bits per heavy atom. The van der Waals surface area contributed by atoms with Crippen LogP contribution in [-0.2, 0) is 4.79 Å². The minimum atomic E-state index is -0.418. The standard InChI is InChI=1S/C14H26N4O2.ClH/c1-13(2,3)17-12(20)16-11(19)8-18-7-5-14(10-18)4-6-15-9-14;/h15H,4-10H2,1-3H3,(H2,16,17,19,20);1H. The van der Waals surface area contributed by atoms with Crippen molar-refractivity contribution in [2.45, 2.75) is 39.2 Å². The van der Waals surface area contributed by atoms with E-state index in [1.54, 1.807) is 0 Å². The van der Waals surface area contributed by atoms with Gasteiger partial charge >= 0.3 is 6.03 Å². The quantitative estimate of drug-likeness (QED) is 0.701. The van der Waals surface area contributed by atoms with Gasteiger partial charge in [0.05, 0.1) is 6.54 Å². The number of nitrogens with zero attached hydrogens (tertiary/aromatic N) is 1. The molecule has 2 fully saturated rings. The second-order valence-electron chi connectivity index (χ2n) is 7.14. The number of hydrogen-bond acceptors (Lipinski definition) is 4. The van der Waals surface area contributed by atoms with E-state index in [9.17, 15) is 9.59 Å². The van der Waals surface area contributed by atoms with Crippen molar-refractivity contribution in [3.05, 3.63) is 0 Å². The first kappa shape index (κ1) is 18.2. The third kappa shape index (κ3) is 5.45. The Bertz CT molecular complexity index is 389. The van der Waals surface area contributed by atoms with E-state index in [1.165, 1.54) is 6.42 Å². The second-order valence-corrected chi connectivity index (χ2v) is 7.14. The van der Waals surface area contributed by atoms with E-state index in [0.717, 1.165) is 32.6 Å². The van der Waals surface area contributed by atoms with Crippen molar-refractivity contribution in [1.29, 1.82) is 0 Å². The Morgan fingerprint density at radius 2 is 2.00 bits per heavy atom. The van der Waals surface area contributed by atoms with Gasteiger partial charge in [-0.05, 0) is 52.1 Å². The molecule has 3 N–H and O–H groups in total. The minimum Gasteiger partial charge on any atom is -0.333 e. The fourth-order valence-electron chi connectivity index (χ4n) is 3.05. The molecular weight excluding hydrogens is 292 g/mol. The van der Waals surface area contributed by atoms with Crippen LogP contribution in [0.5, 0.6) is 0 Å². The first-order valence-corrected chi connectivity index (χ1v) is 7.33. The van der Waals surface area contributed by atoms with Gasteiger partial charge in [-0.3, -0.25) is 15.0 Å². The molecular formula is C14H27ClN4O2. The van der Waals surface area contributed by atoms with Crippen LogP contribution in [0.1, 0.15) is 33.6 Å². The number of urea groups is 1. The number of imide groups is 1. The smallest absolute Gasteiger partial charge is 0.321 e. The predicted molar refractivity (Wildman–Crippen MR) is 84.7 cm³/mol. The summed E-state index contributed by atoms with van der Waals surface area (Å²) in [6, 6.07) is -0.418. The summed E-state index contributed by atoms with van der Waals surface area (Å²) in [5.74, 6) is -0.227. The number of nitrogens with one attached hydrogen (secondary N) is 3. The molecule has 2 saturated heterocycles. The molecule has 21 heavy (non-hydrogen) atoms. The van der Waals surface area contributed by atoms with Crippen LogP contribution in [0.3, 0.4) is 0 Å². The zero-order valence-corrected chi connectivity index (χ0v) is 13.9. The van der Waals surface area contributed by atoms with Crippen LogP contribution in [0.4, 0.5) is 4.79 Å². The fraction of sp³-hybridized carbons (Fsp3) is 0.857. The average Bonchev–Trinajstić information content (AvgIpc) is 2.87. The third-order valence-corrected chi connectivity index (χ3v) is 3.96. The van der Waals surface area contributed by atoms with Crippen molar-refractivity contribution in [3.8, 4) is 0 Å². The molecule has 1 unspecified atom stereocenters. The largest absolute Gasteiger partial charge is 0.333 e. The molecule has 6 nitrogen and oxygen atoms in total. The van der Waals surface area contributed by atoms with E-state index in [4.69, 9.17) is 0 Å². The Balaban J connectivity index is 0.00000220. The third-order valence-electron chi connectivity index (χ3n) is 3.96. The van der Waals surface area contributed by atoms with Crippen molar-refractivity contribution in [1.82, 2.24) is 20.9 Å². The molecule has 0 aliphatic carbocycles. The summed E-state index contributed by atoms with van der Waals surface area (Å²) in [7, 11) is 0. The molecule has 2 aliphatic rings. The van der Waals surface area contributed by atoms with E-state index in [0.29, 0.717) is 12.0 Å². The molecule has 1 atom stereocenters. The van der Waals surface area contributed by atoms with Crippen LogP contribution in [0.25, 0.3) is 0 Å². The normalized spacial score (nSPS) is 25.7. The van der Waals surface area contributed by atoms with E-state index in [1.807, 2.05) is 20.8 Å². The van der Waals surface area contributed by atoms with E-state index < -0.39 is 6.03 Å². The van der Waals surface area contributed by atoms with Crippen LogP contribution in [0.2, 0.25) is 0 Å². The number of carbonyl (C=O) groups is 2. The Labute approximate surface area is 132 Å². The molecule has 0 aromatic rings. The molecule has 0 aromatic heterocycles. The van der Waals surface area contributed by atoms with Crippen LogP contribution in [0, 0.1) is 5.41 Å². The van der Waals surface area contributed by atoms with E-state index in [2.05, 4.69) is 20.9 Å². The van der Waals surface area contributed by atoms with Crippen LogP contribution in [0.15, 0.2) is 0 Å². The van der Waals surface area contributed by atoms with Crippen molar-refractivity contribution in [2.24, 2.45) is 5.41 Å². The maximum Gasteiger partial charge on any atom is 0.321 e. The van der Waals surface area contributed by atoms with Crippen LogP contribution < -0.4 is 16.0 Å². The summed E-state index contributed by atoms with van der Waals surface area (Å²) < 4.78 is 0. The average molecular weight is 319 g/mol. The number of hydrogen-bond donors (Lipinski definition) is 3. The summed E-state index contributed by atoms with van der Waals surface area (Å²) in [5.41, 5.74) is 0.0194. The monoisotopic (exact) mass is 318 g/mol. The molecule has 122 valence electrons. The molecule has 2 heterocycles. The first-order chi connectivity index (χ1) is 9.28. The molecule has 2 rings (SSSR count). The molecule has 2 aliphatic heterocycles. The Morgan fingerprint density at radius 1 is 1.29 bits per heavy atom. The van der Waals surface area contributed by atoms with Gasteiger partial charge in [-0.2, -0.15) is 0 Å². The van der Waals surface area contributed by atoms with Crippen molar-refractivity contribution < 1.29 is 9.59 Å². The van der Waals surface area contributed by atoms with Gasteiger partial charge in [-0.15, -0.1) is 12.4 Å². The van der Waals surface area contributed by atoms with Gasteiger partial charge < -0.3 is 10.6 Å². The van der Waals surface area contributed by atoms with Gasteiger partial charge in [-0.25, -0.2) is 4.79 Å². The van der Waals surface area contributed by atoms with Gasteiger partial charge in [-0.1, -0.05) is 0 Å². The summed E-state index contributed by atoms with van der Waals surface area (Å²) in [5, 5.41) is 8.52. The lowest BCUT2D eigenvalue weighted by Crippen LogP contribution is -2.50. The lowest BCUT2D eigenvalue weighted by Gasteiger charge is -2.23. The highest BCUT2D eigenvalue weighted by atomic mass is 35.5. The lowest BCUT2D eigenvalue weighted by molar-refractivity contribution is -0.121. The van der Waals surface area contributed by atoms with Gasteiger partial charge in [0, 0.05) is 18.6 Å². The number of rotatable bonds is 2. The maximum absolute atomic E-state index is 11.9. The SMILES string of the molecule is CC(C)(C)NC(=O)NC(=O)CN1CCC2(CCNC2)C1.Cl. The van der Waals surface area contributed by atoms with Crippen LogP contribution >= 0.6 is 12.4 Å². The summed E-state index contributed by atoms with van der Waals surface area (Å²) in [6.45, 7) is 9.98. The molecule has 1 spiro atoms. The number of amides is 3. The van der Waals surface area contributed by atoms with Gasteiger partial charge in [0.2, 0.25) is 5.91 Å². The molecule has 3 amide bonds. The summed E-state index contributed by atoms with van der Waals surface area (Å²) in [4.78, 5) is 25.6. The zero-order valence-electron chi connectivity index (χ0n) is 13.1. The highest BCUT2D eigenvalue weighted by Gasteiger charge is 2.40. The zero-order chi connectivity index (χ0) is 14.8. The highest BCUT2D eigenvalue weighted by molar-refractivity contribution is 5.95. The molecule has 7 heteroatoms. The van der Waals surface area contributed by atoms with Crippen molar-refractivity contribution in [2.75, 3.05) is 32.7 Å². The molecule has 0 radical (unpaired) electrons. The maximum atomic E-state index is 11.9. The van der Waals surface area contributed by atoms with E-state index >= 15 is 0 Å². The first-order valence-electron chi connectivity index (χ1n) is 7.33.